The number of nitrogens with one attached hydrogen (secondary N) is 1. The van der Waals surface area contributed by atoms with Crippen molar-refractivity contribution in [2.45, 2.75) is 11.8 Å². The number of halogens is 1. The number of hydrogen-bond donors (Lipinski definition) is 1. The van der Waals surface area contributed by atoms with Gasteiger partial charge < -0.3 is 10.1 Å². The van der Waals surface area contributed by atoms with Gasteiger partial charge in [-0.15, -0.1) is 0 Å². The lowest BCUT2D eigenvalue weighted by Gasteiger charge is -2.08. The van der Waals surface area contributed by atoms with Crippen LogP contribution in [0.2, 0.25) is 0 Å². The Morgan fingerprint density at radius 3 is 2.35 bits per heavy atom. The zero-order chi connectivity index (χ0) is 17.0. The third kappa shape index (κ3) is 3.87. The van der Waals surface area contributed by atoms with Gasteiger partial charge in [-0.2, -0.15) is 0 Å². The Labute approximate surface area is 134 Å². The van der Waals surface area contributed by atoms with Crippen LogP contribution < -0.4 is 10.1 Å². The molecule has 1 amide bonds. The number of hydrogen-bond acceptors (Lipinski definition) is 4. The number of carbonyl (C=O) groups is 1. The van der Waals surface area contributed by atoms with Gasteiger partial charge in [0.2, 0.25) is 0 Å². The van der Waals surface area contributed by atoms with Crippen LogP contribution in [0, 0.1) is 5.82 Å². The van der Waals surface area contributed by atoms with Crippen molar-refractivity contribution in [2.75, 3.05) is 18.2 Å². The molecule has 7 heteroatoms. The number of methoxy groups -OCH3 is 1. The summed E-state index contributed by atoms with van der Waals surface area (Å²) < 4.78 is 41.8. The highest BCUT2D eigenvalue weighted by atomic mass is 32.2. The lowest BCUT2D eigenvalue weighted by Crippen LogP contribution is -2.12. The minimum absolute atomic E-state index is 0.00380. The number of sulfone groups is 1. The van der Waals surface area contributed by atoms with Crippen LogP contribution in [0.25, 0.3) is 0 Å². The van der Waals surface area contributed by atoms with Crippen molar-refractivity contribution >= 4 is 21.4 Å². The normalized spacial score (nSPS) is 11.1. The Balaban J connectivity index is 2.16. The van der Waals surface area contributed by atoms with Gasteiger partial charge in [-0.1, -0.05) is 6.92 Å². The van der Waals surface area contributed by atoms with E-state index < -0.39 is 21.6 Å². The Kier molecular flexibility index (Phi) is 5.00. The van der Waals surface area contributed by atoms with Gasteiger partial charge in [-0.05, 0) is 42.5 Å². The fourth-order valence-corrected chi connectivity index (χ4v) is 2.81. The largest absolute Gasteiger partial charge is 0.494 e. The van der Waals surface area contributed by atoms with Crippen LogP contribution in [0.3, 0.4) is 0 Å². The van der Waals surface area contributed by atoms with E-state index in [-0.39, 0.29) is 22.0 Å². The molecule has 0 bridgehead atoms. The number of rotatable bonds is 5. The van der Waals surface area contributed by atoms with Crippen molar-refractivity contribution in [3.8, 4) is 5.75 Å². The van der Waals surface area contributed by atoms with Crippen LogP contribution in [0.1, 0.15) is 17.3 Å². The van der Waals surface area contributed by atoms with Crippen LogP contribution in [0.4, 0.5) is 10.1 Å². The molecule has 122 valence electrons. The quantitative estimate of drug-likeness (QED) is 0.910. The van der Waals surface area contributed by atoms with Crippen LogP contribution in [-0.2, 0) is 9.84 Å². The molecule has 0 aliphatic rings. The molecule has 0 fully saturated rings. The molecule has 23 heavy (non-hydrogen) atoms. The van der Waals surface area contributed by atoms with E-state index >= 15 is 0 Å². The summed E-state index contributed by atoms with van der Waals surface area (Å²) in [7, 11) is -1.95. The maximum absolute atomic E-state index is 13.6. The molecule has 0 saturated heterocycles. The minimum atomic E-state index is -3.29. The Hall–Kier alpha value is -2.41. The SMILES string of the molecule is CCS(=O)(=O)c1ccc(NC(=O)c2ccc(OC)c(F)c2)cc1. The van der Waals surface area contributed by atoms with Crippen molar-refractivity contribution < 1.29 is 22.3 Å². The molecule has 5 nitrogen and oxygen atoms in total. The first kappa shape index (κ1) is 17.0. The zero-order valence-corrected chi connectivity index (χ0v) is 13.5. The third-order valence-electron chi connectivity index (χ3n) is 3.27. The van der Waals surface area contributed by atoms with Crippen molar-refractivity contribution in [3.63, 3.8) is 0 Å². The molecule has 2 aromatic rings. The molecule has 0 radical (unpaired) electrons. The minimum Gasteiger partial charge on any atom is -0.494 e. The van der Waals surface area contributed by atoms with E-state index in [1.165, 1.54) is 43.5 Å². The van der Waals surface area contributed by atoms with Gasteiger partial charge in [-0.25, -0.2) is 12.8 Å². The summed E-state index contributed by atoms with van der Waals surface area (Å²) in [6.45, 7) is 1.56. The number of anilines is 1. The highest BCUT2D eigenvalue weighted by Gasteiger charge is 2.13. The molecule has 2 rings (SSSR count). The number of carbonyl (C=O) groups excluding carboxylic acids is 1. The summed E-state index contributed by atoms with van der Waals surface area (Å²) in [5.41, 5.74) is 0.551. The van der Waals surface area contributed by atoms with Gasteiger partial charge in [0, 0.05) is 11.3 Å². The first-order chi connectivity index (χ1) is 10.9. The summed E-state index contributed by atoms with van der Waals surface area (Å²) in [5, 5.41) is 2.58. The van der Waals surface area contributed by atoms with E-state index in [0.717, 1.165) is 6.07 Å². The number of amides is 1. The van der Waals surface area contributed by atoms with E-state index in [2.05, 4.69) is 5.32 Å². The van der Waals surface area contributed by atoms with Gasteiger partial charge in [0.1, 0.15) is 0 Å². The fraction of sp³-hybridized carbons (Fsp3) is 0.188. The van der Waals surface area contributed by atoms with Gasteiger partial charge in [0.05, 0.1) is 17.8 Å². The average Bonchev–Trinajstić information content (AvgIpc) is 2.55. The Bertz CT molecular complexity index is 816. The first-order valence-electron chi connectivity index (χ1n) is 6.85. The topological polar surface area (TPSA) is 72.5 Å². The van der Waals surface area contributed by atoms with Crippen molar-refractivity contribution in [2.24, 2.45) is 0 Å². The molecule has 2 aromatic carbocycles. The molecule has 0 unspecified atom stereocenters. The van der Waals surface area contributed by atoms with Crippen molar-refractivity contribution in [1.29, 1.82) is 0 Å². The van der Waals surface area contributed by atoms with E-state index in [1.54, 1.807) is 6.92 Å². The van der Waals surface area contributed by atoms with Gasteiger partial charge in [-0.3, -0.25) is 4.79 Å². The van der Waals surface area contributed by atoms with E-state index in [4.69, 9.17) is 4.74 Å². The van der Waals surface area contributed by atoms with Crippen LogP contribution in [0.5, 0.6) is 5.75 Å². The fourth-order valence-electron chi connectivity index (χ4n) is 1.92. The second-order valence-corrected chi connectivity index (χ2v) is 7.01. The second-order valence-electron chi connectivity index (χ2n) is 4.73. The van der Waals surface area contributed by atoms with Crippen LogP contribution >= 0.6 is 0 Å². The van der Waals surface area contributed by atoms with Gasteiger partial charge in [0.15, 0.2) is 21.4 Å². The summed E-state index contributed by atoms with van der Waals surface area (Å²) >= 11 is 0. The van der Waals surface area contributed by atoms with Crippen molar-refractivity contribution in [1.82, 2.24) is 0 Å². The van der Waals surface area contributed by atoms with Crippen molar-refractivity contribution in [3.05, 3.63) is 53.8 Å². The molecule has 0 aliphatic heterocycles. The van der Waals surface area contributed by atoms with Gasteiger partial charge in [0.25, 0.3) is 5.91 Å². The molecule has 0 aromatic heterocycles. The summed E-state index contributed by atoms with van der Waals surface area (Å²) in [6.07, 6.45) is 0. The Morgan fingerprint density at radius 2 is 1.83 bits per heavy atom. The molecule has 1 N–H and O–H groups in total. The van der Waals surface area contributed by atoms with Gasteiger partial charge >= 0.3 is 0 Å². The van der Waals surface area contributed by atoms with E-state index in [9.17, 15) is 17.6 Å². The molecule has 0 spiro atoms. The summed E-state index contributed by atoms with van der Waals surface area (Å²) in [5.74, 6) is -1.08. The smallest absolute Gasteiger partial charge is 0.255 e. The standard InChI is InChI=1S/C16H16FNO4S/c1-3-23(20,21)13-7-5-12(6-8-13)18-16(19)11-4-9-15(22-2)14(17)10-11/h4-10H,3H2,1-2H3,(H,18,19). The molecule has 0 aliphatic carbocycles. The van der Waals surface area contributed by atoms with E-state index in [0.29, 0.717) is 5.69 Å². The highest BCUT2D eigenvalue weighted by molar-refractivity contribution is 7.91. The lowest BCUT2D eigenvalue weighted by atomic mass is 10.2. The molecule has 0 atom stereocenters. The molecular weight excluding hydrogens is 321 g/mol. The summed E-state index contributed by atoms with van der Waals surface area (Å²) in [4.78, 5) is 12.3. The molecule has 0 saturated carbocycles. The zero-order valence-electron chi connectivity index (χ0n) is 12.7. The van der Waals surface area contributed by atoms with Crippen LogP contribution in [0.15, 0.2) is 47.4 Å². The maximum Gasteiger partial charge on any atom is 0.255 e. The number of ether oxygens (including phenoxy) is 1. The predicted molar refractivity (Wildman–Crippen MR) is 85.1 cm³/mol. The molecular formula is C16H16FNO4S. The summed E-state index contributed by atoms with van der Waals surface area (Å²) in [6, 6.07) is 9.69. The second kappa shape index (κ2) is 6.78. The highest BCUT2D eigenvalue weighted by Crippen LogP contribution is 2.19. The van der Waals surface area contributed by atoms with E-state index in [1.807, 2.05) is 0 Å². The third-order valence-corrected chi connectivity index (χ3v) is 5.02. The maximum atomic E-state index is 13.6. The lowest BCUT2D eigenvalue weighted by molar-refractivity contribution is 0.102. The monoisotopic (exact) mass is 337 g/mol. The average molecular weight is 337 g/mol. The van der Waals surface area contributed by atoms with Crippen LogP contribution in [-0.4, -0.2) is 27.2 Å². The number of benzene rings is 2. The Morgan fingerprint density at radius 1 is 1.17 bits per heavy atom. The predicted octanol–water partition coefficient (Wildman–Crippen LogP) is 2.88. The molecule has 0 heterocycles. The first-order valence-corrected chi connectivity index (χ1v) is 8.50.